The number of thiophene rings is 1. The lowest BCUT2D eigenvalue weighted by Gasteiger charge is -2.26. The van der Waals surface area contributed by atoms with Gasteiger partial charge in [-0.1, -0.05) is 6.42 Å². The standard InChI is InChI=1S/C10H13BrN2OS/c11-8-4-7-15-9(8)10(14)12-13-5-2-1-3-6-13/h4,7H,1-3,5-6H2,(H,12,14). The highest BCUT2D eigenvalue weighted by Crippen LogP contribution is 2.22. The maximum absolute atomic E-state index is 11.8. The van der Waals surface area contributed by atoms with Crippen LogP contribution in [0.5, 0.6) is 0 Å². The number of carbonyl (C=O) groups is 1. The number of amides is 1. The van der Waals surface area contributed by atoms with E-state index in [0.29, 0.717) is 0 Å². The highest BCUT2D eigenvalue weighted by molar-refractivity contribution is 9.10. The van der Waals surface area contributed by atoms with Gasteiger partial charge in [0.2, 0.25) is 0 Å². The minimum Gasteiger partial charge on any atom is -0.284 e. The smallest absolute Gasteiger partial charge is 0.276 e. The third kappa shape index (κ3) is 2.80. The lowest BCUT2D eigenvalue weighted by Crippen LogP contribution is -2.44. The summed E-state index contributed by atoms with van der Waals surface area (Å²) in [6, 6.07) is 1.90. The Hall–Kier alpha value is -0.390. The average molecular weight is 289 g/mol. The molecule has 2 heterocycles. The number of rotatable bonds is 2. The Bertz CT molecular complexity index is 347. The van der Waals surface area contributed by atoms with Gasteiger partial charge in [0.25, 0.3) is 5.91 Å². The molecule has 1 aromatic heterocycles. The molecule has 2 rings (SSSR count). The molecule has 0 bridgehead atoms. The summed E-state index contributed by atoms with van der Waals surface area (Å²) in [7, 11) is 0. The summed E-state index contributed by atoms with van der Waals surface area (Å²) in [4.78, 5) is 12.6. The van der Waals surface area contributed by atoms with Crippen LogP contribution >= 0.6 is 27.3 Å². The summed E-state index contributed by atoms with van der Waals surface area (Å²) in [6.07, 6.45) is 3.62. The number of hydrogen-bond donors (Lipinski definition) is 1. The fraction of sp³-hybridized carbons (Fsp3) is 0.500. The second-order valence-corrected chi connectivity index (χ2v) is 5.36. The Balaban J connectivity index is 1.94. The summed E-state index contributed by atoms with van der Waals surface area (Å²) < 4.78 is 0.877. The lowest BCUT2D eigenvalue weighted by atomic mass is 10.2. The van der Waals surface area contributed by atoms with E-state index in [9.17, 15) is 4.79 Å². The first-order chi connectivity index (χ1) is 7.27. The molecule has 1 aromatic rings. The normalized spacial score (nSPS) is 17.7. The predicted molar refractivity (Wildman–Crippen MR) is 64.9 cm³/mol. The molecular weight excluding hydrogens is 276 g/mol. The molecule has 0 unspecified atom stereocenters. The molecule has 0 atom stereocenters. The molecule has 1 aliphatic rings. The SMILES string of the molecule is O=C(NN1CCCCC1)c1sccc1Br. The summed E-state index contributed by atoms with van der Waals surface area (Å²) in [5.74, 6) is -0.00113. The summed E-state index contributed by atoms with van der Waals surface area (Å²) in [6.45, 7) is 1.93. The van der Waals surface area contributed by atoms with E-state index >= 15 is 0 Å². The van der Waals surface area contributed by atoms with Crippen molar-refractivity contribution < 1.29 is 4.79 Å². The first-order valence-electron chi connectivity index (χ1n) is 5.06. The third-order valence-electron chi connectivity index (χ3n) is 2.44. The zero-order valence-corrected chi connectivity index (χ0v) is 10.7. The van der Waals surface area contributed by atoms with Crippen LogP contribution < -0.4 is 5.43 Å². The third-order valence-corrected chi connectivity index (χ3v) is 4.28. The molecule has 1 amide bonds. The zero-order valence-electron chi connectivity index (χ0n) is 8.33. The number of piperidine rings is 1. The number of nitrogens with one attached hydrogen (secondary N) is 1. The number of hydrogen-bond acceptors (Lipinski definition) is 3. The largest absolute Gasteiger partial charge is 0.284 e. The van der Waals surface area contributed by atoms with Gasteiger partial charge in [-0.05, 0) is 40.2 Å². The van der Waals surface area contributed by atoms with Gasteiger partial charge in [0.05, 0.1) is 0 Å². The van der Waals surface area contributed by atoms with Gasteiger partial charge in [-0.3, -0.25) is 10.2 Å². The van der Waals surface area contributed by atoms with Crippen molar-refractivity contribution in [3.63, 3.8) is 0 Å². The fourth-order valence-electron chi connectivity index (χ4n) is 1.66. The van der Waals surface area contributed by atoms with Crippen molar-refractivity contribution in [2.75, 3.05) is 13.1 Å². The van der Waals surface area contributed by atoms with Crippen molar-refractivity contribution in [3.05, 3.63) is 20.8 Å². The second-order valence-electron chi connectivity index (χ2n) is 3.59. The van der Waals surface area contributed by atoms with Crippen LogP contribution in [-0.2, 0) is 0 Å². The summed E-state index contributed by atoms with van der Waals surface area (Å²) in [5, 5.41) is 3.92. The molecule has 0 saturated carbocycles. The molecule has 1 N–H and O–H groups in total. The maximum atomic E-state index is 11.8. The molecular formula is C10H13BrN2OS. The van der Waals surface area contributed by atoms with Gasteiger partial charge in [-0.25, -0.2) is 5.01 Å². The minimum absolute atomic E-state index is 0.00113. The van der Waals surface area contributed by atoms with E-state index in [1.807, 2.05) is 16.5 Å². The number of carbonyl (C=O) groups excluding carboxylic acids is 1. The van der Waals surface area contributed by atoms with Gasteiger partial charge >= 0.3 is 0 Å². The monoisotopic (exact) mass is 288 g/mol. The Kier molecular flexibility index (Phi) is 3.77. The van der Waals surface area contributed by atoms with Crippen molar-refractivity contribution in [2.24, 2.45) is 0 Å². The molecule has 1 saturated heterocycles. The molecule has 15 heavy (non-hydrogen) atoms. The Labute approximate surface area is 102 Å². The second kappa shape index (κ2) is 5.09. The average Bonchev–Trinajstić information content (AvgIpc) is 2.66. The lowest BCUT2D eigenvalue weighted by molar-refractivity contribution is 0.0753. The van der Waals surface area contributed by atoms with Gasteiger partial charge in [-0.2, -0.15) is 0 Å². The van der Waals surface area contributed by atoms with Crippen molar-refractivity contribution in [1.29, 1.82) is 0 Å². The van der Waals surface area contributed by atoms with Gasteiger partial charge in [0.15, 0.2) is 0 Å². The van der Waals surface area contributed by atoms with E-state index in [4.69, 9.17) is 0 Å². The van der Waals surface area contributed by atoms with E-state index in [2.05, 4.69) is 21.4 Å². The van der Waals surface area contributed by atoms with E-state index in [1.165, 1.54) is 30.6 Å². The number of halogens is 1. The number of hydrazine groups is 1. The van der Waals surface area contributed by atoms with Crippen LogP contribution in [0.3, 0.4) is 0 Å². The van der Waals surface area contributed by atoms with Crippen LogP contribution in [0.25, 0.3) is 0 Å². The summed E-state index contributed by atoms with van der Waals surface area (Å²) in [5.41, 5.74) is 2.94. The fourth-order valence-corrected chi connectivity index (χ4v) is 3.10. The van der Waals surface area contributed by atoms with Crippen molar-refractivity contribution >= 4 is 33.2 Å². The zero-order chi connectivity index (χ0) is 10.7. The summed E-state index contributed by atoms with van der Waals surface area (Å²) >= 11 is 4.82. The van der Waals surface area contributed by atoms with Gasteiger partial charge in [-0.15, -0.1) is 11.3 Å². The van der Waals surface area contributed by atoms with Crippen LogP contribution in [-0.4, -0.2) is 24.0 Å². The van der Waals surface area contributed by atoms with Crippen LogP contribution in [0.4, 0.5) is 0 Å². The van der Waals surface area contributed by atoms with Crippen LogP contribution in [0.2, 0.25) is 0 Å². The Morgan fingerprint density at radius 3 is 2.73 bits per heavy atom. The van der Waals surface area contributed by atoms with E-state index in [1.54, 1.807) is 0 Å². The number of nitrogens with zero attached hydrogens (tertiary/aromatic N) is 1. The maximum Gasteiger partial charge on any atom is 0.276 e. The molecule has 0 aromatic carbocycles. The molecule has 3 nitrogen and oxygen atoms in total. The van der Waals surface area contributed by atoms with Crippen LogP contribution in [0.1, 0.15) is 28.9 Å². The Morgan fingerprint density at radius 1 is 1.40 bits per heavy atom. The first kappa shape index (κ1) is 11.1. The topological polar surface area (TPSA) is 32.3 Å². The van der Waals surface area contributed by atoms with Crippen LogP contribution in [0, 0.1) is 0 Å². The van der Waals surface area contributed by atoms with Gasteiger partial charge in [0.1, 0.15) is 4.88 Å². The van der Waals surface area contributed by atoms with Crippen molar-refractivity contribution in [3.8, 4) is 0 Å². The Morgan fingerprint density at radius 2 is 2.13 bits per heavy atom. The minimum atomic E-state index is -0.00113. The molecule has 0 radical (unpaired) electrons. The molecule has 0 aliphatic carbocycles. The quantitative estimate of drug-likeness (QED) is 0.907. The van der Waals surface area contributed by atoms with Gasteiger partial charge in [0, 0.05) is 17.6 Å². The highest BCUT2D eigenvalue weighted by atomic mass is 79.9. The molecule has 1 aliphatic heterocycles. The van der Waals surface area contributed by atoms with E-state index in [-0.39, 0.29) is 5.91 Å². The van der Waals surface area contributed by atoms with Crippen molar-refractivity contribution in [2.45, 2.75) is 19.3 Å². The molecule has 0 spiro atoms. The predicted octanol–water partition coefficient (Wildman–Crippen LogP) is 2.64. The molecule has 82 valence electrons. The van der Waals surface area contributed by atoms with Crippen molar-refractivity contribution in [1.82, 2.24) is 10.4 Å². The van der Waals surface area contributed by atoms with E-state index in [0.717, 1.165) is 22.4 Å². The first-order valence-corrected chi connectivity index (χ1v) is 6.73. The van der Waals surface area contributed by atoms with E-state index < -0.39 is 0 Å². The molecule has 5 heteroatoms. The molecule has 1 fully saturated rings. The highest BCUT2D eigenvalue weighted by Gasteiger charge is 2.16. The van der Waals surface area contributed by atoms with Crippen LogP contribution in [0.15, 0.2) is 15.9 Å². The van der Waals surface area contributed by atoms with Gasteiger partial charge < -0.3 is 0 Å².